The van der Waals surface area contributed by atoms with Gasteiger partial charge in [-0.05, 0) is 43.0 Å². The number of pyridine rings is 1. The molecule has 2 aromatic rings. The molecule has 0 saturated carbocycles. The van der Waals surface area contributed by atoms with Crippen LogP contribution in [-0.2, 0) is 14.3 Å². The highest BCUT2D eigenvalue weighted by atomic mass is 35.5. The van der Waals surface area contributed by atoms with Gasteiger partial charge < -0.3 is 25.4 Å². The van der Waals surface area contributed by atoms with E-state index in [1.54, 1.807) is 18.2 Å². The first-order valence-corrected chi connectivity index (χ1v) is 10.9. The highest BCUT2D eigenvalue weighted by Crippen LogP contribution is 2.33. The number of halogens is 2. The van der Waals surface area contributed by atoms with Crippen molar-refractivity contribution in [3.8, 4) is 11.1 Å². The second kappa shape index (κ2) is 10.4. The summed E-state index contributed by atoms with van der Waals surface area (Å²) >= 11 is 6.33. The highest BCUT2D eigenvalue weighted by Gasteiger charge is 2.22. The molecule has 0 unspecified atom stereocenters. The maximum Gasteiger partial charge on any atom is 0.255 e. The van der Waals surface area contributed by atoms with E-state index in [4.69, 9.17) is 21.1 Å². The van der Waals surface area contributed by atoms with E-state index in [-0.39, 0.29) is 5.91 Å². The molecule has 1 atom stereocenters. The zero-order valence-corrected chi connectivity index (χ0v) is 17.9. The molecule has 31 heavy (non-hydrogen) atoms. The topological polar surface area (TPSA) is 84.5 Å². The van der Waals surface area contributed by atoms with Crippen LogP contribution in [0.25, 0.3) is 11.1 Å². The van der Waals surface area contributed by atoms with Crippen molar-refractivity contribution in [2.24, 2.45) is 5.92 Å². The van der Waals surface area contributed by atoms with Crippen LogP contribution in [0.1, 0.15) is 12.8 Å². The van der Waals surface area contributed by atoms with Crippen LogP contribution >= 0.6 is 11.6 Å². The zero-order valence-electron chi connectivity index (χ0n) is 17.1. The molecule has 2 fully saturated rings. The number of amides is 1. The van der Waals surface area contributed by atoms with Crippen molar-refractivity contribution in [2.45, 2.75) is 18.9 Å². The number of rotatable bonds is 6. The highest BCUT2D eigenvalue weighted by molar-refractivity contribution is 6.33. The molecule has 0 bridgehead atoms. The standard InChI is InChI=1S/C22H26ClFN4O3/c23-18-12-27-21(28-22(29)20-13-25-5-8-31-20)10-16(18)17-9-15(1-2-19(17)24)26-11-14-3-6-30-7-4-14/h1-2,9-10,12,14,20,25-26H,3-8,11,13H2,(H,27,28,29)/t20-/m1/s1. The minimum absolute atomic E-state index is 0.290. The first-order chi connectivity index (χ1) is 15.1. The van der Waals surface area contributed by atoms with E-state index in [2.05, 4.69) is 20.9 Å². The molecule has 0 radical (unpaired) electrons. The monoisotopic (exact) mass is 448 g/mol. The van der Waals surface area contributed by atoms with Gasteiger partial charge in [-0.25, -0.2) is 9.37 Å². The quantitative estimate of drug-likeness (QED) is 0.628. The summed E-state index contributed by atoms with van der Waals surface area (Å²) in [5.41, 5.74) is 1.61. The average Bonchev–Trinajstić information content (AvgIpc) is 2.81. The smallest absolute Gasteiger partial charge is 0.255 e. The lowest BCUT2D eigenvalue weighted by Crippen LogP contribution is -2.45. The van der Waals surface area contributed by atoms with Gasteiger partial charge in [0.15, 0.2) is 0 Å². The zero-order chi connectivity index (χ0) is 21.6. The van der Waals surface area contributed by atoms with Crippen LogP contribution in [0.5, 0.6) is 0 Å². The van der Waals surface area contributed by atoms with Gasteiger partial charge in [-0.15, -0.1) is 0 Å². The number of hydrogen-bond donors (Lipinski definition) is 3. The molecule has 4 rings (SSSR count). The van der Waals surface area contributed by atoms with Crippen LogP contribution in [0.4, 0.5) is 15.9 Å². The van der Waals surface area contributed by atoms with Crippen molar-refractivity contribution in [3.05, 3.63) is 41.3 Å². The summed E-state index contributed by atoms with van der Waals surface area (Å²) in [6, 6.07) is 6.44. The third kappa shape index (κ3) is 5.71. The van der Waals surface area contributed by atoms with Crippen LogP contribution in [0.3, 0.4) is 0 Å². The molecule has 2 aliphatic rings. The molecule has 9 heteroatoms. The van der Waals surface area contributed by atoms with Gasteiger partial charge in [0.1, 0.15) is 17.7 Å². The van der Waals surface area contributed by atoms with Crippen LogP contribution in [0, 0.1) is 11.7 Å². The Balaban J connectivity index is 1.49. The molecule has 0 spiro atoms. The van der Waals surface area contributed by atoms with Gasteiger partial charge in [0.05, 0.1) is 11.6 Å². The number of benzene rings is 1. The Morgan fingerprint density at radius 2 is 2.06 bits per heavy atom. The first kappa shape index (κ1) is 22.0. The Morgan fingerprint density at radius 1 is 1.23 bits per heavy atom. The van der Waals surface area contributed by atoms with Gasteiger partial charge in [0, 0.05) is 55.9 Å². The predicted molar refractivity (Wildman–Crippen MR) is 118 cm³/mol. The van der Waals surface area contributed by atoms with Crippen molar-refractivity contribution in [3.63, 3.8) is 0 Å². The Labute approximate surface area is 185 Å². The molecular weight excluding hydrogens is 423 g/mol. The summed E-state index contributed by atoms with van der Waals surface area (Å²) in [6.07, 6.45) is 2.85. The normalized spacial score (nSPS) is 19.7. The molecule has 1 aromatic heterocycles. The number of hydrogen-bond acceptors (Lipinski definition) is 6. The Bertz CT molecular complexity index is 918. The summed E-state index contributed by atoms with van der Waals surface area (Å²) in [5, 5.41) is 9.52. The number of carbonyl (C=O) groups excluding carboxylic acids is 1. The maximum atomic E-state index is 14.7. The Kier molecular flexibility index (Phi) is 7.34. The largest absolute Gasteiger partial charge is 0.385 e. The van der Waals surface area contributed by atoms with E-state index < -0.39 is 11.9 Å². The molecule has 2 saturated heterocycles. The lowest BCUT2D eigenvalue weighted by molar-refractivity contribution is -0.128. The predicted octanol–water partition coefficient (Wildman–Crippen LogP) is 3.31. The van der Waals surface area contributed by atoms with E-state index >= 15 is 0 Å². The maximum absolute atomic E-state index is 14.7. The van der Waals surface area contributed by atoms with E-state index in [0.717, 1.165) is 38.3 Å². The van der Waals surface area contributed by atoms with Crippen molar-refractivity contribution < 1.29 is 18.7 Å². The SMILES string of the molecule is O=C(Nc1cc(-c2cc(NCC3CCOCC3)ccc2F)c(Cl)cn1)[C@H]1CNCCO1. The molecule has 3 N–H and O–H groups in total. The molecule has 2 aliphatic heterocycles. The summed E-state index contributed by atoms with van der Waals surface area (Å²) in [7, 11) is 0. The summed E-state index contributed by atoms with van der Waals surface area (Å²) in [4.78, 5) is 16.6. The second-order valence-corrected chi connectivity index (χ2v) is 8.14. The lowest BCUT2D eigenvalue weighted by atomic mass is 10.00. The van der Waals surface area contributed by atoms with Crippen LogP contribution < -0.4 is 16.0 Å². The minimum Gasteiger partial charge on any atom is -0.385 e. The summed E-state index contributed by atoms with van der Waals surface area (Å²) < 4.78 is 25.5. The summed E-state index contributed by atoms with van der Waals surface area (Å²) in [6.45, 7) is 3.98. The van der Waals surface area contributed by atoms with Gasteiger partial charge >= 0.3 is 0 Å². The number of ether oxygens (including phenoxy) is 2. The fourth-order valence-corrected chi connectivity index (χ4v) is 3.91. The number of aromatic nitrogens is 1. The van der Waals surface area contributed by atoms with E-state index in [1.165, 1.54) is 12.3 Å². The molecule has 7 nitrogen and oxygen atoms in total. The third-order valence-corrected chi connectivity index (χ3v) is 5.82. The molecule has 3 heterocycles. The van der Waals surface area contributed by atoms with E-state index in [9.17, 15) is 9.18 Å². The molecule has 0 aliphatic carbocycles. The Morgan fingerprint density at radius 3 is 2.84 bits per heavy atom. The van der Waals surface area contributed by atoms with Crippen LogP contribution in [0.2, 0.25) is 5.02 Å². The van der Waals surface area contributed by atoms with Gasteiger partial charge in [-0.2, -0.15) is 0 Å². The van der Waals surface area contributed by atoms with Crippen LogP contribution in [0.15, 0.2) is 30.5 Å². The number of anilines is 2. The van der Waals surface area contributed by atoms with Gasteiger partial charge in [0.2, 0.25) is 0 Å². The second-order valence-electron chi connectivity index (χ2n) is 7.73. The lowest BCUT2D eigenvalue weighted by Gasteiger charge is -2.23. The van der Waals surface area contributed by atoms with Gasteiger partial charge in [-0.1, -0.05) is 11.6 Å². The van der Waals surface area contributed by atoms with Crippen molar-refractivity contribution >= 4 is 29.0 Å². The fourth-order valence-electron chi connectivity index (χ4n) is 3.71. The van der Waals surface area contributed by atoms with E-state index in [1.807, 2.05) is 0 Å². The Hall–Kier alpha value is -2.26. The number of carbonyl (C=O) groups is 1. The minimum atomic E-state index is -0.593. The van der Waals surface area contributed by atoms with Crippen molar-refractivity contribution in [1.29, 1.82) is 0 Å². The summed E-state index contributed by atoms with van der Waals surface area (Å²) in [5.74, 6) is 0.116. The van der Waals surface area contributed by atoms with Gasteiger partial charge in [-0.3, -0.25) is 4.79 Å². The molecular formula is C22H26ClFN4O3. The average molecular weight is 449 g/mol. The first-order valence-electron chi connectivity index (χ1n) is 10.5. The van der Waals surface area contributed by atoms with Crippen molar-refractivity contribution in [1.82, 2.24) is 10.3 Å². The number of nitrogens with zero attached hydrogens (tertiary/aromatic N) is 1. The third-order valence-electron chi connectivity index (χ3n) is 5.52. The van der Waals surface area contributed by atoms with E-state index in [0.29, 0.717) is 47.6 Å². The fraction of sp³-hybridized carbons (Fsp3) is 0.455. The van der Waals surface area contributed by atoms with Gasteiger partial charge in [0.25, 0.3) is 5.91 Å². The molecule has 1 amide bonds. The molecule has 1 aromatic carbocycles. The van der Waals surface area contributed by atoms with Crippen LogP contribution in [-0.4, -0.2) is 56.5 Å². The van der Waals surface area contributed by atoms with Crippen molar-refractivity contribution in [2.75, 3.05) is 50.1 Å². The number of morpholine rings is 1. The molecule has 166 valence electrons. The number of nitrogens with one attached hydrogen (secondary N) is 3.